The van der Waals surface area contributed by atoms with E-state index >= 15 is 0 Å². The zero-order valence-corrected chi connectivity index (χ0v) is 76.3. The van der Waals surface area contributed by atoms with E-state index < -0.39 is 30.4 Å². The SMILES string of the molecule is Brc1ccc(-c2ccc3oc4ccccc4c3c2)c2ccccc12.[2H]c1c([2H])c([2H])c(-c2c3ccccc3c(-c3ccc(-c4cc5cc(-c6ccc(-c7ccc8oc9ccccc9c8c7)c7ccccc67)ccc5c5ccccc45)cc3)c3ccccc23)c([2H])c1[2H].[2H]c1c([2H])c([2H])c(-c2c3ccccc3c(-c3ccc(-c4cc5cc(B6OC(C)(C)C(C)(C)O6)ccc5c5ccccc45)cc3)c3ccccc23)c([2H])c1[2H]. The van der Waals surface area contributed by atoms with Crippen molar-refractivity contribution in [3.05, 3.63) is 465 Å². The Bertz CT molecular complexity index is 9820. The molecule has 1 aliphatic heterocycles. The van der Waals surface area contributed by atoms with E-state index in [0.29, 0.717) is 11.1 Å². The van der Waals surface area contributed by atoms with Crippen LogP contribution in [0.25, 0.3) is 252 Å². The minimum absolute atomic E-state index is 0.208. The van der Waals surface area contributed by atoms with Gasteiger partial charge in [0.25, 0.3) is 0 Å². The molecular weight excluding hydrogens is 1720 g/mol. The van der Waals surface area contributed by atoms with Crippen LogP contribution >= 0.6 is 15.9 Å². The van der Waals surface area contributed by atoms with Gasteiger partial charge in [0.15, 0.2) is 0 Å². The molecule has 1 fully saturated rings. The van der Waals surface area contributed by atoms with Crippen LogP contribution < -0.4 is 5.46 Å². The Labute approximate surface area is 810 Å². The van der Waals surface area contributed by atoms with E-state index in [4.69, 9.17) is 31.9 Å². The molecule has 136 heavy (non-hydrogen) atoms. The molecule has 0 amide bonds. The van der Waals surface area contributed by atoms with Gasteiger partial charge in [-0.2, -0.15) is 0 Å². The molecule has 27 rings (SSSR count). The largest absolute Gasteiger partial charge is 0.494 e. The normalized spacial score (nSPS) is 14.1. The fourth-order valence-corrected chi connectivity index (χ4v) is 21.4. The van der Waals surface area contributed by atoms with Crippen molar-refractivity contribution in [2.75, 3.05) is 0 Å². The first-order valence-electron chi connectivity index (χ1n) is 51.0. The molecule has 0 saturated carbocycles. The Morgan fingerprint density at radius 3 is 0.882 bits per heavy atom. The van der Waals surface area contributed by atoms with Crippen LogP contribution in [0.2, 0.25) is 0 Å². The molecule has 0 radical (unpaired) electrons. The van der Waals surface area contributed by atoms with Crippen molar-refractivity contribution in [3.63, 3.8) is 0 Å². The van der Waals surface area contributed by atoms with Gasteiger partial charge < -0.3 is 18.1 Å². The number of halogens is 1. The molecule has 24 aromatic carbocycles. The summed E-state index contributed by atoms with van der Waals surface area (Å²) in [4.78, 5) is 0. The van der Waals surface area contributed by atoms with Crippen molar-refractivity contribution in [2.45, 2.75) is 38.9 Å². The second-order valence-electron chi connectivity index (χ2n) is 36.2. The topological polar surface area (TPSA) is 44.7 Å². The zero-order chi connectivity index (χ0) is 99.6. The first-order valence-corrected chi connectivity index (χ1v) is 46.8. The van der Waals surface area contributed by atoms with Gasteiger partial charge in [-0.15, -0.1) is 0 Å². The Morgan fingerprint density at radius 1 is 0.206 bits per heavy atom. The third-order valence-corrected chi connectivity index (χ3v) is 28.8. The lowest BCUT2D eigenvalue weighted by Gasteiger charge is -2.32. The number of benzene rings is 24. The molecule has 3 heterocycles. The summed E-state index contributed by atoms with van der Waals surface area (Å²) in [5, 5.41) is 25.8. The van der Waals surface area contributed by atoms with Crippen LogP contribution in [0.5, 0.6) is 0 Å². The second-order valence-corrected chi connectivity index (χ2v) is 37.1. The Balaban J connectivity index is 0.000000126. The Morgan fingerprint density at radius 2 is 0.485 bits per heavy atom. The highest BCUT2D eigenvalue weighted by molar-refractivity contribution is 9.10. The first kappa shape index (κ1) is 71.6. The molecule has 1 saturated heterocycles. The molecule has 1 aliphatic rings. The number of hydrogen-bond donors (Lipinski definition) is 0. The van der Waals surface area contributed by atoms with Gasteiger partial charge in [-0.05, 0) is 302 Å². The number of para-hydroxylation sites is 2. The monoisotopic (exact) mass is 1810 g/mol. The Hall–Kier alpha value is -16.1. The van der Waals surface area contributed by atoms with Gasteiger partial charge in [0, 0.05) is 26.0 Å². The summed E-state index contributed by atoms with van der Waals surface area (Å²) in [6.45, 7) is 8.29. The van der Waals surface area contributed by atoms with E-state index in [1.165, 1.54) is 76.1 Å². The van der Waals surface area contributed by atoms with E-state index in [2.05, 4.69) is 347 Å². The molecule has 4 nitrogen and oxygen atoms in total. The fraction of sp³-hybridized carbons (Fsp3) is 0.0462. The van der Waals surface area contributed by atoms with E-state index in [1.807, 2.05) is 97.1 Å². The highest BCUT2D eigenvalue weighted by Gasteiger charge is 2.52. The third kappa shape index (κ3) is 14.0. The van der Waals surface area contributed by atoms with Gasteiger partial charge in [-0.25, -0.2) is 0 Å². The lowest BCUT2D eigenvalue weighted by atomic mass is 9.77. The third-order valence-electron chi connectivity index (χ3n) is 28.1. The molecule has 6 heteroatoms. The van der Waals surface area contributed by atoms with Gasteiger partial charge in [0.05, 0.1) is 24.9 Å². The summed E-state index contributed by atoms with van der Waals surface area (Å²) < 4.78 is 112. The summed E-state index contributed by atoms with van der Waals surface area (Å²) in [6, 6.07) is 137. The van der Waals surface area contributed by atoms with Crippen molar-refractivity contribution in [1.29, 1.82) is 0 Å². The molecule has 0 N–H and O–H groups in total. The molecule has 0 spiro atoms. The quantitative estimate of drug-likeness (QED) is 0.0778. The van der Waals surface area contributed by atoms with Crippen molar-refractivity contribution >= 4 is 180 Å². The van der Waals surface area contributed by atoms with Crippen molar-refractivity contribution < 1.29 is 31.9 Å². The highest BCUT2D eigenvalue weighted by Crippen LogP contribution is 2.50. The maximum absolute atomic E-state index is 8.94. The van der Waals surface area contributed by atoms with Gasteiger partial charge >= 0.3 is 7.12 Å². The number of fused-ring (bicyclic) bond motifs is 18. The molecule has 0 unspecified atom stereocenters. The van der Waals surface area contributed by atoms with Gasteiger partial charge in [-0.1, -0.05) is 416 Å². The van der Waals surface area contributed by atoms with E-state index in [9.17, 15) is 0 Å². The summed E-state index contributed by atoms with van der Waals surface area (Å²) >= 11 is 3.65. The molecule has 0 bridgehead atoms. The van der Waals surface area contributed by atoms with Crippen LogP contribution in [-0.4, -0.2) is 18.3 Å². The lowest BCUT2D eigenvalue weighted by Crippen LogP contribution is -2.41. The molecular formula is C130H88BBrO4. The summed E-state index contributed by atoms with van der Waals surface area (Å²) in [5.74, 6) is 0. The van der Waals surface area contributed by atoms with E-state index in [1.54, 1.807) is 0 Å². The van der Waals surface area contributed by atoms with Gasteiger partial charge in [-0.3, -0.25) is 0 Å². The summed E-state index contributed by atoms with van der Waals surface area (Å²) in [6.07, 6.45) is 0. The standard InChI is InChI=1S/C62H38O.C46H37BO2.C22H13BrO/c1-2-14-40(15-3-1)61-53-21-8-10-23-55(53)62(56-24-11-9-22-54(56)61)41-28-26-39(27-29-41)57-38-44-36-42(30-32-47(44)50-18-6-7-19-51(50)57)45-33-34-46(49-17-5-4-16-48(45)49)43-31-35-60-58(37-43)52-20-12-13-25-59(52)63-60;1-45(2)46(3,4)49-47(48-45)34-26-27-35-33(28-34)29-42(37-17-9-8-16-36(35)37)30-22-24-32(25-23-30)44-40-20-12-10-18-38(40)43(31-14-6-5-7-15-31)39-19-11-13-21-41(39)44;23-20-11-10-15(16-5-1-2-6-17(16)20)14-9-12-22-19(13-14)18-7-3-4-8-21(18)24-22/h1-38H;5-29H,1-4H3;1-13H/i1D,2D,3D,14D,15D;5D,6D,7D,14D,15D;. The van der Waals surface area contributed by atoms with Crippen LogP contribution in [-0.2, 0) is 9.31 Å². The predicted octanol–water partition coefficient (Wildman–Crippen LogP) is 36.5. The number of hydrogen-bond acceptors (Lipinski definition) is 4. The number of rotatable bonds is 10. The number of furan rings is 2. The van der Waals surface area contributed by atoms with Gasteiger partial charge in [0.1, 0.15) is 22.3 Å². The van der Waals surface area contributed by atoms with Crippen LogP contribution in [0.3, 0.4) is 0 Å². The fourth-order valence-electron chi connectivity index (χ4n) is 20.9. The molecule has 2 aromatic heterocycles. The molecule has 0 atom stereocenters. The highest BCUT2D eigenvalue weighted by atomic mass is 79.9. The van der Waals surface area contributed by atoms with Crippen molar-refractivity contribution in [2.24, 2.45) is 0 Å². The van der Waals surface area contributed by atoms with Gasteiger partial charge in [0.2, 0.25) is 0 Å². The second kappa shape index (κ2) is 33.3. The van der Waals surface area contributed by atoms with Crippen LogP contribution in [0.15, 0.2) is 474 Å². The van der Waals surface area contributed by atoms with E-state index in [-0.39, 0.29) is 59.5 Å². The average molecular weight is 1810 g/mol. The minimum atomic E-state index is -0.454. The van der Waals surface area contributed by atoms with Crippen LogP contribution in [0, 0.1) is 0 Å². The first-order chi connectivity index (χ1) is 71.0. The Kier molecular flexibility index (Phi) is 17.5. The smallest absolute Gasteiger partial charge is 0.456 e. The van der Waals surface area contributed by atoms with E-state index in [0.717, 1.165) is 163 Å². The summed E-state index contributed by atoms with van der Waals surface area (Å²) in [5.41, 5.74) is 21.1. The maximum Gasteiger partial charge on any atom is 0.494 e. The molecule has 26 aromatic rings. The molecule has 0 aliphatic carbocycles. The maximum atomic E-state index is 8.94. The van der Waals surface area contributed by atoms with Crippen molar-refractivity contribution in [1.82, 2.24) is 0 Å². The average Bonchev–Trinajstić information content (AvgIpc) is 0.781. The zero-order valence-electron chi connectivity index (χ0n) is 84.7. The minimum Gasteiger partial charge on any atom is -0.456 e. The lowest BCUT2D eigenvalue weighted by molar-refractivity contribution is 0.00578. The summed E-state index contributed by atoms with van der Waals surface area (Å²) in [7, 11) is -0.454. The molecule has 642 valence electrons. The predicted molar refractivity (Wildman–Crippen MR) is 581 cm³/mol. The van der Waals surface area contributed by atoms with Crippen LogP contribution in [0.4, 0.5) is 0 Å². The van der Waals surface area contributed by atoms with Crippen molar-refractivity contribution in [3.8, 4) is 100 Å². The van der Waals surface area contributed by atoms with Crippen LogP contribution in [0.1, 0.15) is 41.4 Å².